The second-order valence-electron chi connectivity index (χ2n) is 24.3. The monoisotopic (exact) mass is 1060 g/mol. The summed E-state index contributed by atoms with van der Waals surface area (Å²) in [7, 11) is 0. The number of halogens is 2. The maximum absolute atomic E-state index is 14.2. The third kappa shape index (κ3) is 16.6. The predicted molar refractivity (Wildman–Crippen MR) is 301 cm³/mol. The molecule has 2 aromatic carbocycles. The van der Waals surface area contributed by atoms with Crippen LogP contribution in [0.5, 0.6) is 0 Å². The second kappa shape index (κ2) is 25.8. The number of rotatable bonds is 19. The van der Waals surface area contributed by atoms with Gasteiger partial charge in [0.2, 0.25) is 0 Å². The van der Waals surface area contributed by atoms with Gasteiger partial charge in [-0.1, -0.05) is 150 Å². The molecule has 4 amide bonds. The number of hydrogen-bond donors (Lipinski definition) is 2. The Balaban J connectivity index is 1.53. The molecule has 0 fully saturated rings. The highest BCUT2D eigenvalue weighted by Gasteiger charge is 2.41. The number of carbonyl (C=O) groups excluding carboxylic acids is 5. The van der Waals surface area contributed by atoms with Gasteiger partial charge < -0.3 is 15.2 Å². The zero-order valence-corrected chi connectivity index (χ0v) is 48.3. The first-order valence-corrected chi connectivity index (χ1v) is 26.8. The van der Waals surface area contributed by atoms with Gasteiger partial charge >= 0.3 is 5.97 Å². The van der Waals surface area contributed by atoms with E-state index in [0.29, 0.717) is 11.5 Å². The molecule has 0 saturated carbocycles. The van der Waals surface area contributed by atoms with Gasteiger partial charge in [-0.15, -0.1) is 0 Å². The lowest BCUT2D eigenvalue weighted by molar-refractivity contribution is -0.152. The smallest absolute Gasteiger partial charge is 0.307 e. The summed E-state index contributed by atoms with van der Waals surface area (Å²) >= 11 is 13.3. The van der Waals surface area contributed by atoms with E-state index < -0.39 is 41.7 Å². The van der Waals surface area contributed by atoms with Crippen LogP contribution in [-0.2, 0) is 23.9 Å². The fraction of sp³-hybridized carbons (Fsp3) is 0.525. The first kappa shape index (κ1) is 61.8. The van der Waals surface area contributed by atoms with Crippen molar-refractivity contribution in [2.24, 2.45) is 39.9 Å². The van der Waals surface area contributed by atoms with Crippen LogP contribution in [-0.4, -0.2) is 53.6 Å². The molecule has 7 unspecified atom stereocenters. The number of anilines is 2. The first-order chi connectivity index (χ1) is 34.8. The molecular weight excluding hydrogens is 986 g/mol. The SMILES string of the molecule is [C-]#[N+]C1=C(C)C(=C/C=C/C=C/C2C(C)=C(C#N)C(=O)N(c3cc(C(=O)NCCC(=O)OC(CCC(C)CC(C)(C)C)C(C)CC(C)(C)C)ccc3Cl)C2O)C(=O)N(c2cc(C(C)C(C)CC(C)(C)C)ccc2Cl)C1=O. The van der Waals surface area contributed by atoms with Gasteiger partial charge in [-0.25, -0.2) is 4.85 Å². The zero-order valence-electron chi connectivity index (χ0n) is 46.8. The minimum absolute atomic E-state index is 0.0104. The minimum atomic E-state index is -1.57. The molecule has 0 aliphatic carbocycles. The van der Waals surface area contributed by atoms with E-state index in [1.165, 1.54) is 31.2 Å². The minimum Gasteiger partial charge on any atom is -0.462 e. The molecule has 2 heterocycles. The molecule has 14 heteroatoms. The van der Waals surface area contributed by atoms with E-state index >= 15 is 0 Å². The van der Waals surface area contributed by atoms with Gasteiger partial charge in [0.15, 0.2) is 0 Å². The van der Waals surface area contributed by atoms with Gasteiger partial charge in [-0.3, -0.25) is 33.8 Å². The highest BCUT2D eigenvalue weighted by atomic mass is 35.5. The lowest BCUT2D eigenvalue weighted by atomic mass is 9.78. The number of aliphatic hydroxyl groups excluding tert-OH is 1. The Labute approximate surface area is 456 Å². The van der Waals surface area contributed by atoms with Crippen LogP contribution in [0.2, 0.25) is 10.0 Å². The predicted octanol–water partition coefficient (Wildman–Crippen LogP) is 14.1. The fourth-order valence-electron chi connectivity index (χ4n) is 10.4. The number of nitrogens with zero attached hydrogens (tertiary/aromatic N) is 4. The van der Waals surface area contributed by atoms with Crippen molar-refractivity contribution in [1.29, 1.82) is 5.26 Å². The van der Waals surface area contributed by atoms with Crippen LogP contribution in [0.1, 0.15) is 164 Å². The van der Waals surface area contributed by atoms with E-state index in [4.69, 9.17) is 34.5 Å². The molecule has 404 valence electrons. The Hall–Kier alpha value is -5.79. The number of allylic oxidation sites excluding steroid dienone is 4. The summed E-state index contributed by atoms with van der Waals surface area (Å²) in [4.78, 5) is 74.0. The van der Waals surface area contributed by atoms with Crippen molar-refractivity contribution in [2.45, 2.75) is 161 Å². The van der Waals surface area contributed by atoms with Crippen LogP contribution >= 0.6 is 23.2 Å². The van der Waals surface area contributed by atoms with Crippen molar-refractivity contribution in [3.05, 3.63) is 127 Å². The van der Waals surface area contributed by atoms with Gasteiger partial charge in [0.05, 0.1) is 34.4 Å². The molecule has 7 atom stereocenters. The number of benzene rings is 2. The topological polar surface area (TPSA) is 161 Å². The summed E-state index contributed by atoms with van der Waals surface area (Å²) in [6, 6.07) is 11.5. The number of nitriles is 1. The quantitative estimate of drug-likeness (QED) is 0.0462. The summed E-state index contributed by atoms with van der Waals surface area (Å²) in [6.07, 6.45) is 10.4. The lowest BCUT2D eigenvalue weighted by Gasteiger charge is -2.37. The van der Waals surface area contributed by atoms with E-state index in [0.717, 1.165) is 47.5 Å². The van der Waals surface area contributed by atoms with Gasteiger partial charge in [-0.05, 0) is 133 Å². The van der Waals surface area contributed by atoms with Crippen molar-refractivity contribution in [2.75, 3.05) is 16.3 Å². The number of hydrogen-bond acceptors (Lipinski definition) is 8. The molecule has 75 heavy (non-hydrogen) atoms. The van der Waals surface area contributed by atoms with Crippen LogP contribution in [0.15, 0.2) is 94.8 Å². The van der Waals surface area contributed by atoms with Crippen LogP contribution in [0.25, 0.3) is 4.85 Å². The number of carbonyl (C=O) groups is 5. The Morgan fingerprint density at radius 2 is 1.43 bits per heavy atom. The summed E-state index contributed by atoms with van der Waals surface area (Å²) < 4.78 is 6.08. The highest BCUT2D eigenvalue weighted by molar-refractivity contribution is 6.38. The van der Waals surface area contributed by atoms with Crippen molar-refractivity contribution >= 4 is 64.2 Å². The van der Waals surface area contributed by atoms with E-state index in [-0.39, 0.29) is 102 Å². The highest BCUT2D eigenvalue weighted by Crippen LogP contribution is 2.41. The Bertz CT molecular complexity index is 2730. The van der Waals surface area contributed by atoms with Crippen LogP contribution in [0.3, 0.4) is 0 Å². The number of ether oxygens (including phenoxy) is 1. The maximum Gasteiger partial charge on any atom is 0.307 e. The summed E-state index contributed by atoms with van der Waals surface area (Å²) in [5.74, 6) is -3.19. The van der Waals surface area contributed by atoms with Gasteiger partial charge in [0.25, 0.3) is 29.3 Å². The molecule has 12 nitrogen and oxygen atoms in total. The molecule has 0 aromatic heterocycles. The Kier molecular flexibility index (Phi) is 21.3. The van der Waals surface area contributed by atoms with Gasteiger partial charge in [0, 0.05) is 23.6 Å². The first-order valence-electron chi connectivity index (χ1n) is 26.0. The second-order valence-corrected chi connectivity index (χ2v) is 25.1. The molecule has 0 bridgehead atoms. The normalized spacial score (nSPS) is 19.6. The summed E-state index contributed by atoms with van der Waals surface area (Å²) in [6.45, 7) is 39.3. The zero-order chi connectivity index (χ0) is 56.5. The van der Waals surface area contributed by atoms with E-state index in [2.05, 4.69) is 100 Å². The average Bonchev–Trinajstić information content (AvgIpc) is 3.29. The number of nitrogens with one attached hydrogen (secondary N) is 1. The Morgan fingerprint density at radius 1 is 0.827 bits per heavy atom. The average molecular weight is 1070 g/mol. The molecule has 0 spiro atoms. The molecule has 4 rings (SSSR count). The summed E-state index contributed by atoms with van der Waals surface area (Å²) in [5, 5.41) is 25.0. The number of amides is 4. The molecule has 2 N–H and O–H groups in total. The van der Waals surface area contributed by atoms with Crippen molar-refractivity contribution in [3.8, 4) is 6.07 Å². The standard InChI is InChI=1S/C61H79Cl2N5O7/c1-36(32-59(7,8)9)22-27-51(38(3)34-61(13,14)15)75-52(69)28-29-66-54(70)43-24-26-48(63)50(31-43)67-55(71)44(40(5)46(35-64)57(67)73)20-18-17-19-21-45-41(6)53(65-16)58(74)68(56(45)72)49-30-42(23-25-47(49)62)39(4)37(2)33-60(10,11)12/h17-21,23-26,30-31,36-39,44,51,55,71H,22,27-29,32-34H2,1-15H3,(H,66,70)/b19-17+,20-18+,45-21?. The van der Waals surface area contributed by atoms with Crippen LogP contribution in [0.4, 0.5) is 11.4 Å². The van der Waals surface area contributed by atoms with Gasteiger partial charge in [0.1, 0.15) is 24.0 Å². The number of aliphatic hydroxyl groups is 1. The molecule has 0 saturated heterocycles. The third-order valence-corrected chi connectivity index (χ3v) is 14.5. The fourth-order valence-corrected chi connectivity index (χ4v) is 10.8. The summed E-state index contributed by atoms with van der Waals surface area (Å²) in [5.41, 5.74) is 1.64. The molecule has 2 aliphatic heterocycles. The van der Waals surface area contributed by atoms with Crippen LogP contribution < -0.4 is 15.1 Å². The van der Waals surface area contributed by atoms with Crippen molar-refractivity contribution in [3.63, 3.8) is 0 Å². The molecule has 2 aliphatic rings. The molecule has 2 aromatic rings. The number of imide groups is 1. The van der Waals surface area contributed by atoms with E-state index in [1.54, 1.807) is 43.4 Å². The Morgan fingerprint density at radius 3 is 2.03 bits per heavy atom. The van der Waals surface area contributed by atoms with Crippen LogP contribution in [0, 0.1) is 57.8 Å². The number of esters is 1. The van der Waals surface area contributed by atoms with E-state index in [9.17, 15) is 34.3 Å². The van der Waals surface area contributed by atoms with Gasteiger partial charge in [-0.2, -0.15) is 5.26 Å². The largest absolute Gasteiger partial charge is 0.462 e. The maximum atomic E-state index is 14.2. The molecular formula is C61H79Cl2N5O7. The van der Waals surface area contributed by atoms with Crippen molar-refractivity contribution < 1.29 is 33.8 Å². The van der Waals surface area contributed by atoms with E-state index in [1.807, 2.05) is 12.1 Å². The van der Waals surface area contributed by atoms with Crippen molar-refractivity contribution in [1.82, 2.24) is 5.32 Å². The third-order valence-electron chi connectivity index (χ3n) is 13.9. The molecule has 0 radical (unpaired) electrons. The lowest BCUT2D eigenvalue weighted by Crippen LogP contribution is -2.49.